The molecule has 0 aliphatic heterocycles. The minimum absolute atomic E-state index is 0.0561. The molecule has 1 aromatic heterocycles. The molecule has 1 unspecified atom stereocenters. The highest BCUT2D eigenvalue weighted by Gasteiger charge is 1.98. The van der Waals surface area contributed by atoms with Gasteiger partial charge in [-0.05, 0) is 17.7 Å². The molecular formula is C6H6FNO2S. The number of rotatable bonds is 2. The maximum Gasteiger partial charge on any atom is 0.213 e. The van der Waals surface area contributed by atoms with Crippen molar-refractivity contribution in [1.29, 1.82) is 0 Å². The van der Waals surface area contributed by atoms with Gasteiger partial charge in [-0.1, -0.05) is 0 Å². The summed E-state index contributed by atoms with van der Waals surface area (Å²) in [5, 5.41) is 0. The topological polar surface area (TPSA) is 50.2 Å². The highest BCUT2D eigenvalue weighted by atomic mass is 32.2. The summed E-state index contributed by atoms with van der Waals surface area (Å²) in [6, 6.07) is 2.63. The first-order valence-corrected chi connectivity index (χ1v) is 4.14. The van der Waals surface area contributed by atoms with Gasteiger partial charge in [-0.25, -0.2) is 9.19 Å². The summed E-state index contributed by atoms with van der Waals surface area (Å²) in [6.45, 7) is 0. The molecule has 0 aliphatic carbocycles. The standard InChI is InChI=1S/C6H6FNO2S/c7-6-3-5(1-2-8-6)4-11(9)10/h1-3H,4H2,(H,9,10). The quantitative estimate of drug-likeness (QED) is 0.537. The Morgan fingerprint density at radius 2 is 2.45 bits per heavy atom. The normalized spacial score (nSPS) is 12.9. The van der Waals surface area contributed by atoms with Gasteiger partial charge in [0.15, 0.2) is 11.1 Å². The van der Waals surface area contributed by atoms with Crippen LogP contribution in [0.25, 0.3) is 0 Å². The van der Waals surface area contributed by atoms with Crippen molar-refractivity contribution in [1.82, 2.24) is 4.98 Å². The second-order valence-corrected chi connectivity index (χ2v) is 2.88. The minimum Gasteiger partial charge on any atom is -0.306 e. The molecule has 0 amide bonds. The van der Waals surface area contributed by atoms with E-state index in [2.05, 4.69) is 4.98 Å². The number of pyridine rings is 1. The van der Waals surface area contributed by atoms with Crippen LogP contribution in [0.5, 0.6) is 0 Å². The lowest BCUT2D eigenvalue weighted by atomic mass is 10.3. The Balaban J connectivity index is 2.79. The zero-order valence-corrected chi connectivity index (χ0v) is 6.34. The molecule has 1 N–H and O–H groups in total. The summed E-state index contributed by atoms with van der Waals surface area (Å²) in [5.41, 5.74) is 0.471. The monoisotopic (exact) mass is 175 g/mol. The third-order valence-corrected chi connectivity index (χ3v) is 1.66. The minimum atomic E-state index is -1.92. The summed E-state index contributed by atoms with van der Waals surface area (Å²) in [5.74, 6) is -0.688. The molecule has 0 aromatic carbocycles. The molecule has 0 bridgehead atoms. The lowest BCUT2D eigenvalue weighted by Crippen LogP contribution is -1.94. The van der Waals surface area contributed by atoms with Crippen molar-refractivity contribution in [3.63, 3.8) is 0 Å². The van der Waals surface area contributed by atoms with Gasteiger partial charge in [0.25, 0.3) is 0 Å². The average molecular weight is 175 g/mol. The van der Waals surface area contributed by atoms with Crippen LogP contribution in [0.15, 0.2) is 18.3 Å². The van der Waals surface area contributed by atoms with Crippen molar-refractivity contribution >= 4 is 11.1 Å². The van der Waals surface area contributed by atoms with Crippen LogP contribution in [-0.2, 0) is 16.8 Å². The van der Waals surface area contributed by atoms with Gasteiger partial charge in [-0.2, -0.15) is 4.39 Å². The first-order valence-electron chi connectivity index (χ1n) is 2.86. The summed E-state index contributed by atoms with van der Waals surface area (Å²) in [4.78, 5) is 3.30. The van der Waals surface area contributed by atoms with Crippen molar-refractivity contribution < 1.29 is 13.2 Å². The van der Waals surface area contributed by atoms with E-state index in [1.807, 2.05) is 0 Å². The largest absolute Gasteiger partial charge is 0.306 e. The molecule has 3 nitrogen and oxygen atoms in total. The van der Waals surface area contributed by atoms with E-state index >= 15 is 0 Å². The van der Waals surface area contributed by atoms with Gasteiger partial charge in [-0.3, -0.25) is 0 Å². The van der Waals surface area contributed by atoms with E-state index in [0.717, 1.165) is 6.07 Å². The molecule has 0 fully saturated rings. The molecule has 1 aromatic rings. The van der Waals surface area contributed by atoms with E-state index in [1.54, 1.807) is 0 Å². The fourth-order valence-electron chi connectivity index (χ4n) is 0.675. The van der Waals surface area contributed by atoms with Crippen molar-refractivity contribution in [2.45, 2.75) is 5.75 Å². The number of aromatic nitrogens is 1. The van der Waals surface area contributed by atoms with Crippen LogP contribution in [0.2, 0.25) is 0 Å². The van der Waals surface area contributed by atoms with Crippen LogP contribution in [0.4, 0.5) is 4.39 Å². The van der Waals surface area contributed by atoms with Crippen molar-refractivity contribution in [3.05, 3.63) is 29.8 Å². The summed E-state index contributed by atoms with van der Waals surface area (Å²) < 4.78 is 31.0. The van der Waals surface area contributed by atoms with Crippen molar-refractivity contribution in [3.8, 4) is 0 Å². The van der Waals surface area contributed by atoms with Gasteiger partial charge in [0.1, 0.15) is 0 Å². The summed E-state index contributed by atoms with van der Waals surface area (Å²) in [6.07, 6.45) is 1.26. The van der Waals surface area contributed by atoms with Crippen molar-refractivity contribution in [2.24, 2.45) is 0 Å². The Kier molecular flexibility index (Phi) is 2.67. The van der Waals surface area contributed by atoms with Gasteiger partial charge in [0.05, 0.1) is 5.75 Å². The first-order chi connectivity index (χ1) is 5.18. The zero-order chi connectivity index (χ0) is 8.27. The van der Waals surface area contributed by atoms with Gasteiger partial charge in [0.2, 0.25) is 5.95 Å². The van der Waals surface area contributed by atoms with Crippen LogP contribution in [0.1, 0.15) is 5.56 Å². The molecule has 11 heavy (non-hydrogen) atoms. The van der Waals surface area contributed by atoms with Crippen LogP contribution in [0.3, 0.4) is 0 Å². The number of nitrogens with zero attached hydrogens (tertiary/aromatic N) is 1. The molecule has 1 heterocycles. The second kappa shape index (κ2) is 3.54. The molecule has 0 saturated carbocycles. The number of hydrogen-bond acceptors (Lipinski definition) is 2. The smallest absolute Gasteiger partial charge is 0.213 e. The SMILES string of the molecule is O=S(O)Cc1ccnc(F)c1. The number of halogens is 1. The highest BCUT2D eigenvalue weighted by Crippen LogP contribution is 2.02. The Labute approximate surface area is 65.6 Å². The van der Waals surface area contributed by atoms with Crippen LogP contribution in [-0.4, -0.2) is 13.7 Å². The summed E-state index contributed by atoms with van der Waals surface area (Å²) in [7, 11) is 0. The molecule has 0 saturated heterocycles. The maximum atomic E-state index is 12.3. The van der Waals surface area contributed by atoms with E-state index in [9.17, 15) is 8.60 Å². The van der Waals surface area contributed by atoms with E-state index in [4.69, 9.17) is 4.55 Å². The Morgan fingerprint density at radius 1 is 1.73 bits per heavy atom. The zero-order valence-electron chi connectivity index (χ0n) is 5.53. The van der Waals surface area contributed by atoms with Crippen LogP contribution >= 0.6 is 0 Å². The third-order valence-electron chi connectivity index (χ3n) is 1.08. The number of hydrogen-bond donors (Lipinski definition) is 1. The van der Waals surface area contributed by atoms with Gasteiger partial charge < -0.3 is 4.55 Å². The van der Waals surface area contributed by atoms with E-state index < -0.39 is 17.0 Å². The van der Waals surface area contributed by atoms with E-state index in [0.29, 0.717) is 5.56 Å². The fourth-order valence-corrected chi connectivity index (χ4v) is 1.14. The third kappa shape index (κ3) is 2.73. The lowest BCUT2D eigenvalue weighted by molar-refractivity contribution is 0.562. The first kappa shape index (κ1) is 8.29. The predicted octanol–water partition coefficient (Wildman–Crippen LogP) is 0.942. The van der Waals surface area contributed by atoms with E-state index in [1.165, 1.54) is 12.3 Å². The Bertz CT molecular complexity index is 279. The highest BCUT2D eigenvalue weighted by molar-refractivity contribution is 7.78. The molecule has 0 radical (unpaired) electrons. The molecule has 0 aliphatic rings. The molecule has 0 spiro atoms. The molecule has 60 valence electrons. The predicted molar refractivity (Wildman–Crippen MR) is 38.7 cm³/mol. The summed E-state index contributed by atoms with van der Waals surface area (Å²) >= 11 is -1.92. The molecular weight excluding hydrogens is 169 g/mol. The van der Waals surface area contributed by atoms with Crippen LogP contribution < -0.4 is 0 Å². The van der Waals surface area contributed by atoms with Gasteiger partial charge in [-0.15, -0.1) is 0 Å². The van der Waals surface area contributed by atoms with E-state index in [-0.39, 0.29) is 5.75 Å². The Hall–Kier alpha value is -0.810. The maximum absolute atomic E-state index is 12.3. The lowest BCUT2D eigenvalue weighted by Gasteiger charge is -1.94. The fraction of sp³-hybridized carbons (Fsp3) is 0.167. The van der Waals surface area contributed by atoms with Gasteiger partial charge >= 0.3 is 0 Å². The average Bonchev–Trinajstić information content (AvgIpc) is 1.85. The second-order valence-electron chi connectivity index (χ2n) is 1.95. The Morgan fingerprint density at radius 3 is 3.00 bits per heavy atom. The molecule has 5 heteroatoms. The molecule has 1 rings (SSSR count). The van der Waals surface area contributed by atoms with Gasteiger partial charge in [0, 0.05) is 6.20 Å². The molecule has 1 atom stereocenters. The van der Waals surface area contributed by atoms with Crippen molar-refractivity contribution in [2.75, 3.05) is 0 Å². The van der Waals surface area contributed by atoms with Crippen LogP contribution in [0, 0.1) is 5.95 Å².